The zero-order valence-corrected chi connectivity index (χ0v) is 47.0. The van der Waals surface area contributed by atoms with Crippen LogP contribution in [-0.4, -0.2) is 99.9 Å². The molecule has 2 fully saturated rings. The van der Waals surface area contributed by atoms with Crippen molar-refractivity contribution in [2.75, 3.05) is 26.9 Å². The van der Waals surface area contributed by atoms with Gasteiger partial charge >= 0.3 is 5.97 Å². The maximum Gasteiger partial charge on any atom is 0.306 e. The van der Waals surface area contributed by atoms with Crippen LogP contribution in [0, 0.1) is 5.92 Å². The molecule has 430 valence electrons. The Hall–Kier alpha value is -6.17. The highest BCUT2D eigenvalue weighted by molar-refractivity contribution is 5.70. The molecule has 0 unspecified atom stereocenters. The molecule has 0 aromatic heterocycles. The summed E-state index contributed by atoms with van der Waals surface area (Å²) in [6.07, 6.45) is -2.16. The number of hydrogen-bond acceptors (Lipinski definition) is 13. The van der Waals surface area contributed by atoms with Crippen LogP contribution in [0.5, 0.6) is 0 Å². The first-order chi connectivity index (χ1) is 39.7. The third-order valence-electron chi connectivity index (χ3n) is 14.3. The lowest BCUT2D eigenvalue weighted by Crippen LogP contribution is -2.54. The molecule has 0 bridgehead atoms. The van der Waals surface area contributed by atoms with Gasteiger partial charge in [0.15, 0.2) is 18.2 Å². The van der Waals surface area contributed by atoms with Crippen LogP contribution in [0.3, 0.4) is 0 Å². The fourth-order valence-corrected chi connectivity index (χ4v) is 10.2. The minimum absolute atomic E-state index is 0.00566. The summed E-state index contributed by atoms with van der Waals surface area (Å²) in [6.45, 7) is 14.5. The molecule has 2 saturated heterocycles. The van der Waals surface area contributed by atoms with Gasteiger partial charge in [-0.15, -0.1) is 13.2 Å². The number of methoxy groups -OCH3 is 1. The van der Waals surface area contributed by atoms with E-state index in [1.54, 1.807) is 19.3 Å². The van der Waals surface area contributed by atoms with Gasteiger partial charge in [0.2, 0.25) is 0 Å². The topological polar surface area (TPSA) is 128 Å². The Morgan fingerprint density at radius 3 is 1.32 bits per heavy atom. The number of fused-ring (bicyclic) bond motifs is 1. The maximum atomic E-state index is 14.7. The van der Waals surface area contributed by atoms with Crippen molar-refractivity contribution in [3.05, 3.63) is 241 Å². The largest absolute Gasteiger partial charge is 0.457 e. The van der Waals surface area contributed by atoms with Crippen molar-refractivity contribution in [2.45, 2.75) is 140 Å². The van der Waals surface area contributed by atoms with Crippen molar-refractivity contribution in [3.63, 3.8) is 0 Å². The number of esters is 1. The normalized spacial score (nSPS) is 20.7. The van der Waals surface area contributed by atoms with Crippen molar-refractivity contribution in [1.29, 1.82) is 0 Å². The molecule has 8 rings (SSSR count). The van der Waals surface area contributed by atoms with Gasteiger partial charge in [-0.25, -0.2) is 0 Å². The molecular weight excluding hydrogens is 1020 g/mol. The molecule has 0 N–H and O–H groups in total. The number of rotatable bonds is 35. The summed E-state index contributed by atoms with van der Waals surface area (Å²) in [4.78, 5) is 14.7. The van der Waals surface area contributed by atoms with Crippen LogP contribution in [0.1, 0.15) is 66.5 Å². The van der Waals surface area contributed by atoms with Crippen molar-refractivity contribution in [3.8, 4) is 0 Å². The minimum Gasteiger partial charge on any atom is -0.457 e. The zero-order chi connectivity index (χ0) is 56.5. The molecule has 0 saturated carbocycles. The molecule has 0 spiro atoms. The predicted molar refractivity (Wildman–Crippen MR) is 309 cm³/mol. The SMILES string of the molecule is C=C[C@@H](OCc1ccccc1)[C@H](OCc1ccccc1)[C@@H](COCc1ccccc1)OCCC[C@H]1O[C@@H](OC)[C@H](CC(=O)O[C@H](COCc2ccccc2)[C@@H](OCc2ccccc2)[C@@H](C=C)OCc2ccccc2)[C@H]2OC(C)(C)O[C@H]21. The molecule has 0 amide bonds. The Kier molecular flexibility index (Phi) is 24.4. The van der Waals surface area contributed by atoms with E-state index in [1.807, 2.05) is 196 Å². The summed E-state index contributed by atoms with van der Waals surface area (Å²) in [6, 6.07) is 59.6. The number of carbonyl (C=O) groups is 1. The first-order valence-electron chi connectivity index (χ1n) is 28.1. The lowest BCUT2D eigenvalue weighted by atomic mass is 9.87. The minimum atomic E-state index is -0.986. The lowest BCUT2D eigenvalue weighted by Gasteiger charge is -2.42. The first kappa shape index (κ1) is 60.9. The maximum absolute atomic E-state index is 14.7. The summed E-state index contributed by atoms with van der Waals surface area (Å²) in [5.41, 5.74) is 5.96. The van der Waals surface area contributed by atoms with Crippen molar-refractivity contribution >= 4 is 5.97 Å². The lowest BCUT2D eigenvalue weighted by molar-refractivity contribution is -0.255. The van der Waals surface area contributed by atoms with E-state index in [1.165, 1.54) is 0 Å². The van der Waals surface area contributed by atoms with E-state index in [0.29, 0.717) is 39.3 Å². The smallest absolute Gasteiger partial charge is 0.306 e. The Bertz CT molecular complexity index is 2700. The third-order valence-corrected chi connectivity index (χ3v) is 14.3. The van der Waals surface area contributed by atoms with Crippen LogP contribution < -0.4 is 0 Å². The summed E-state index contributed by atoms with van der Waals surface area (Å²) in [5.74, 6) is -2.12. The van der Waals surface area contributed by atoms with Gasteiger partial charge in [0.1, 0.15) is 36.6 Å². The molecule has 6 aromatic rings. The zero-order valence-electron chi connectivity index (χ0n) is 47.0. The van der Waals surface area contributed by atoms with Crippen LogP contribution in [0.25, 0.3) is 0 Å². The van der Waals surface area contributed by atoms with E-state index >= 15 is 0 Å². The molecule has 6 aromatic carbocycles. The van der Waals surface area contributed by atoms with Crippen molar-refractivity contribution in [2.24, 2.45) is 5.92 Å². The van der Waals surface area contributed by atoms with E-state index < -0.39 is 78.9 Å². The third kappa shape index (κ3) is 19.2. The molecule has 0 aliphatic carbocycles. The molecule has 2 aliphatic heterocycles. The van der Waals surface area contributed by atoms with Crippen LogP contribution >= 0.6 is 0 Å². The van der Waals surface area contributed by atoms with E-state index in [2.05, 4.69) is 13.2 Å². The number of hydrogen-bond donors (Lipinski definition) is 0. The average Bonchev–Trinajstić information content (AvgIpc) is 4.10. The number of ether oxygens (including phenoxy) is 12. The molecular formula is C68H80O13. The Balaban J connectivity index is 0.966. The van der Waals surface area contributed by atoms with Gasteiger partial charge in [-0.05, 0) is 60.1 Å². The Morgan fingerprint density at radius 2 is 0.901 bits per heavy atom. The molecule has 0 radical (unpaired) electrons. The van der Waals surface area contributed by atoms with Crippen molar-refractivity contribution < 1.29 is 61.6 Å². The summed E-state index contributed by atoms with van der Waals surface area (Å²) >= 11 is 0. The average molecular weight is 1110 g/mol. The van der Waals surface area contributed by atoms with Gasteiger partial charge in [-0.1, -0.05) is 194 Å². The van der Waals surface area contributed by atoms with E-state index in [9.17, 15) is 4.79 Å². The van der Waals surface area contributed by atoms with Crippen molar-refractivity contribution in [1.82, 2.24) is 0 Å². The summed E-state index contributed by atoms with van der Waals surface area (Å²) < 4.78 is 78.6. The van der Waals surface area contributed by atoms with E-state index in [4.69, 9.17) is 56.8 Å². The van der Waals surface area contributed by atoms with Gasteiger partial charge in [0.25, 0.3) is 0 Å². The quantitative estimate of drug-likeness (QED) is 0.0213. The Labute approximate surface area is 479 Å². The number of carbonyl (C=O) groups excluding carboxylic acids is 1. The summed E-state index contributed by atoms with van der Waals surface area (Å²) in [7, 11) is 1.57. The van der Waals surface area contributed by atoms with Gasteiger partial charge in [-0.3, -0.25) is 4.79 Å². The predicted octanol–water partition coefficient (Wildman–Crippen LogP) is 12.1. The monoisotopic (exact) mass is 1100 g/mol. The van der Waals surface area contributed by atoms with Crippen LogP contribution in [0.2, 0.25) is 0 Å². The highest BCUT2D eigenvalue weighted by atomic mass is 16.8. The second kappa shape index (κ2) is 32.5. The highest BCUT2D eigenvalue weighted by Crippen LogP contribution is 2.43. The molecule has 11 atom stereocenters. The van der Waals surface area contributed by atoms with Crippen LogP contribution in [0.4, 0.5) is 0 Å². The number of benzene rings is 6. The molecule has 81 heavy (non-hydrogen) atoms. The fraction of sp³-hybridized carbons (Fsp3) is 0.397. The molecule has 2 heterocycles. The second-order valence-electron chi connectivity index (χ2n) is 20.8. The molecule has 2 aliphatic rings. The van der Waals surface area contributed by atoms with Gasteiger partial charge in [0.05, 0.1) is 71.5 Å². The van der Waals surface area contributed by atoms with Crippen LogP contribution in [0.15, 0.2) is 207 Å². The van der Waals surface area contributed by atoms with Gasteiger partial charge in [-0.2, -0.15) is 0 Å². The molecule has 13 heteroatoms. The van der Waals surface area contributed by atoms with Gasteiger partial charge < -0.3 is 56.8 Å². The molecule has 13 nitrogen and oxygen atoms in total. The van der Waals surface area contributed by atoms with Gasteiger partial charge in [0, 0.05) is 19.6 Å². The second-order valence-corrected chi connectivity index (χ2v) is 20.8. The summed E-state index contributed by atoms with van der Waals surface area (Å²) in [5, 5.41) is 0. The first-order valence-corrected chi connectivity index (χ1v) is 28.1. The standard InChI is InChI=1S/C68H80O13/c1-6-57(74-44-52-31-18-10-19-32-52)64(76-46-54-35-22-12-23-36-54)60(48-71-42-50-27-14-8-15-28-50)73-40-26-39-59-66-63(80-68(3,4)81-66)56(67(70-5)79-59)41-62(69)78-61(49-72-43-51-29-16-9-17-30-51)65(77-47-55-37-24-13-25-38-55)58(7-2)75-45-53-33-20-11-21-34-53/h6-25,27-38,56-61,63-67H,1-2,26,39-49H2,3-5H3/t56-,57-,58-,59-,60-,61-,63-,64+,65+,66+,67-/m1/s1. The fourth-order valence-electron chi connectivity index (χ4n) is 10.2. The van der Waals surface area contributed by atoms with E-state index in [-0.39, 0.29) is 39.5 Å². The Morgan fingerprint density at radius 1 is 0.519 bits per heavy atom. The van der Waals surface area contributed by atoms with Crippen LogP contribution in [-0.2, 0) is 101 Å². The highest BCUT2D eigenvalue weighted by Gasteiger charge is 2.56. The van der Waals surface area contributed by atoms with E-state index in [0.717, 1.165) is 33.4 Å².